The summed E-state index contributed by atoms with van der Waals surface area (Å²) in [5, 5.41) is 2.32. The summed E-state index contributed by atoms with van der Waals surface area (Å²) in [4.78, 5) is 13.2. The van der Waals surface area contributed by atoms with Crippen molar-refractivity contribution in [3.8, 4) is 5.75 Å². The fourth-order valence-electron chi connectivity index (χ4n) is 2.95. The minimum atomic E-state index is -0.257. The summed E-state index contributed by atoms with van der Waals surface area (Å²) < 4.78 is 11.2. The molecule has 1 fully saturated rings. The number of morpholine rings is 1. The van der Waals surface area contributed by atoms with Gasteiger partial charge in [0.1, 0.15) is 5.75 Å². The number of carbonyl (C=O) groups excluding carboxylic acids is 1. The van der Waals surface area contributed by atoms with E-state index in [2.05, 4.69) is 29.2 Å². The van der Waals surface area contributed by atoms with Crippen LogP contribution >= 0.6 is 0 Å². The fraction of sp³-hybridized carbons (Fsp3) is 0.389. The summed E-state index contributed by atoms with van der Waals surface area (Å²) in [5.74, 6) is 0.601. The van der Waals surface area contributed by atoms with Crippen molar-refractivity contribution >= 4 is 16.7 Å². The molecule has 1 aliphatic heterocycles. The van der Waals surface area contributed by atoms with E-state index in [9.17, 15) is 4.79 Å². The molecule has 1 atom stereocenters. The van der Waals surface area contributed by atoms with Crippen molar-refractivity contribution in [1.82, 2.24) is 4.90 Å². The Morgan fingerprint density at radius 3 is 2.87 bits per heavy atom. The van der Waals surface area contributed by atoms with E-state index in [0.29, 0.717) is 19.6 Å². The number of primary amides is 1. The molecule has 0 aromatic heterocycles. The maximum absolute atomic E-state index is 10.9. The lowest BCUT2D eigenvalue weighted by Crippen LogP contribution is -2.39. The number of rotatable bonds is 5. The third-order valence-electron chi connectivity index (χ3n) is 4.27. The van der Waals surface area contributed by atoms with Gasteiger partial charge in [-0.2, -0.15) is 0 Å². The number of amides is 1. The van der Waals surface area contributed by atoms with E-state index >= 15 is 0 Å². The molecule has 122 valence electrons. The standard InChI is InChI=1S/C18H22N2O3/c1-22-16-5-4-13-10-15(3-2-14(13)11-16)17-12-20(8-9-23-17)7-6-18(19)21/h2-5,10-11,17H,6-9,12H2,1H3,(H2,19,21)/t17-/m1/s1. The van der Waals surface area contributed by atoms with Gasteiger partial charge in [0.25, 0.3) is 0 Å². The molecule has 5 nitrogen and oxygen atoms in total. The molecule has 23 heavy (non-hydrogen) atoms. The van der Waals surface area contributed by atoms with Gasteiger partial charge in [0.05, 0.1) is 19.8 Å². The zero-order valence-electron chi connectivity index (χ0n) is 13.3. The monoisotopic (exact) mass is 314 g/mol. The molecule has 1 amide bonds. The van der Waals surface area contributed by atoms with E-state index in [4.69, 9.17) is 15.2 Å². The van der Waals surface area contributed by atoms with Crippen molar-refractivity contribution in [1.29, 1.82) is 0 Å². The molecular formula is C18H22N2O3. The number of hydrogen-bond donors (Lipinski definition) is 1. The van der Waals surface area contributed by atoms with Crippen molar-refractivity contribution in [2.75, 3.05) is 33.4 Å². The van der Waals surface area contributed by atoms with Crippen LogP contribution in [-0.2, 0) is 9.53 Å². The fourth-order valence-corrected chi connectivity index (χ4v) is 2.95. The van der Waals surface area contributed by atoms with Crippen molar-refractivity contribution in [3.63, 3.8) is 0 Å². The van der Waals surface area contributed by atoms with Gasteiger partial charge in [0.2, 0.25) is 5.91 Å². The zero-order chi connectivity index (χ0) is 16.2. The van der Waals surface area contributed by atoms with Crippen molar-refractivity contribution < 1.29 is 14.3 Å². The predicted octanol–water partition coefficient (Wildman–Crippen LogP) is 2.10. The number of ether oxygens (including phenoxy) is 2. The van der Waals surface area contributed by atoms with Gasteiger partial charge in [0, 0.05) is 26.1 Å². The van der Waals surface area contributed by atoms with E-state index < -0.39 is 0 Å². The average Bonchev–Trinajstić information content (AvgIpc) is 2.59. The minimum Gasteiger partial charge on any atom is -0.497 e. The van der Waals surface area contributed by atoms with Crippen molar-refractivity contribution in [3.05, 3.63) is 42.0 Å². The van der Waals surface area contributed by atoms with Crippen LogP contribution in [-0.4, -0.2) is 44.2 Å². The van der Waals surface area contributed by atoms with Crippen LogP contribution in [0.5, 0.6) is 5.75 Å². The molecule has 3 rings (SSSR count). The number of carbonyl (C=O) groups is 1. The largest absolute Gasteiger partial charge is 0.497 e. The Hall–Kier alpha value is -2.11. The number of benzene rings is 2. The summed E-state index contributed by atoms with van der Waals surface area (Å²) in [6.07, 6.45) is 0.424. The van der Waals surface area contributed by atoms with Crippen LogP contribution in [0.15, 0.2) is 36.4 Å². The Bertz CT molecular complexity index is 702. The van der Waals surface area contributed by atoms with Crippen molar-refractivity contribution in [2.45, 2.75) is 12.5 Å². The molecule has 0 saturated carbocycles. The van der Waals surface area contributed by atoms with Crippen LogP contribution in [0.2, 0.25) is 0 Å². The molecule has 5 heteroatoms. The van der Waals surface area contributed by atoms with Gasteiger partial charge in [-0.15, -0.1) is 0 Å². The predicted molar refractivity (Wildman–Crippen MR) is 89.4 cm³/mol. The van der Waals surface area contributed by atoms with E-state index in [0.717, 1.165) is 29.8 Å². The highest BCUT2D eigenvalue weighted by molar-refractivity contribution is 5.84. The molecule has 2 N–H and O–H groups in total. The zero-order valence-corrected chi connectivity index (χ0v) is 13.3. The Labute approximate surface area is 136 Å². The Morgan fingerprint density at radius 2 is 2.09 bits per heavy atom. The average molecular weight is 314 g/mol. The van der Waals surface area contributed by atoms with Gasteiger partial charge in [-0.25, -0.2) is 0 Å². The van der Waals surface area contributed by atoms with E-state index in [1.165, 1.54) is 5.39 Å². The van der Waals surface area contributed by atoms with Crippen LogP contribution in [0.4, 0.5) is 0 Å². The summed E-state index contributed by atoms with van der Waals surface area (Å²) in [6, 6.07) is 12.4. The highest BCUT2D eigenvalue weighted by Gasteiger charge is 2.22. The highest BCUT2D eigenvalue weighted by Crippen LogP contribution is 2.27. The number of fused-ring (bicyclic) bond motifs is 1. The molecule has 0 radical (unpaired) electrons. The van der Waals surface area contributed by atoms with Gasteiger partial charge in [-0.05, 0) is 34.5 Å². The molecule has 2 aromatic carbocycles. The smallest absolute Gasteiger partial charge is 0.218 e. The number of nitrogens with two attached hydrogens (primary N) is 1. The molecule has 0 bridgehead atoms. The maximum Gasteiger partial charge on any atom is 0.218 e. The highest BCUT2D eigenvalue weighted by atomic mass is 16.5. The second kappa shape index (κ2) is 6.98. The van der Waals surface area contributed by atoms with Gasteiger partial charge in [0.15, 0.2) is 0 Å². The second-order valence-corrected chi connectivity index (χ2v) is 5.85. The lowest BCUT2D eigenvalue weighted by Gasteiger charge is -2.33. The van der Waals surface area contributed by atoms with E-state index in [1.807, 2.05) is 12.1 Å². The molecule has 0 aliphatic carbocycles. The molecule has 1 aliphatic rings. The first-order valence-corrected chi connectivity index (χ1v) is 7.85. The van der Waals surface area contributed by atoms with E-state index in [-0.39, 0.29) is 12.0 Å². The minimum absolute atomic E-state index is 0.0307. The summed E-state index contributed by atoms with van der Waals surface area (Å²) in [7, 11) is 1.67. The third kappa shape index (κ3) is 3.81. The Morgan fingerprint density at radius 1 is 1.30 bits per heavy atom. The SMILES string of the molecule is COc1ccc2cc([C@H]3CN(CCC(N)=O)CCO3)ccc2c1. The Balaban J connectivity index is 1.75. The topological polar surface area (TPSA) is 64.8 Å². The quantitative estimate of drug-likeness (QED) is 0.918. The van der Waals surface area contributed by atoms with E-state index in [1.54, 1.807) is 7.11 Å². The normalized spacial score (nSPS) is 18.9. The van der Waals surface area contributed by atoms with Gasteiger partial charge in [-0.3, -0.25) is 9.69 Å². The lowest BCUT2D eigenvalue weighted by molar-refractivity contribution is -0.118. The van der Waals surface area contributed by atoms with Crippen LogP contribution < -0.4 is 10.5 Å². The Kier molecular flexibility index (Phi) is 4.79. The van der Waals surface area contributed by atoms with Crippen molar-refractivity contribution in [2.24, 2.45) is 5.73 Å². The first-order valence-electron chi connectivity index (χ1n) is 7.85. The molecule has 0 unspecified atom stereocenters. The second-order valence-electron chi connectivity index (χ2n) is 5.85. The van der Waals surface area contributed by atoms with Gasteiger partial charge >= 0.3 is 0 Å². The maximum atomic E-state index is 10.9. The van der Waals surface area contributed by atoms with Gasteiger partial charge < -0.3 is 15.2 Å². The first kappa shape index (κ1) is 15.8. The number of methoxy groups -OCH3 is 1. The number of nitrogens with zero attached hydrogens (tertiary/aromatic N) is 1. The molecule has 0 spiro atoms. The number of hydrogen-bond acceptors (Lipinski definition) is 4. The third-order valence-corrected chi connectivity index (χ3v) is 4.27. The first-order chi connectivity index (χ1) is 11.2. The summed E-state index contributed by atoms with van der Waals surface area (Å²) in [6.45, 7) is 2.99. The molecule has 2 aromatic rings. The van der Waals surface area contributed by atoms with Crippen LogP contribution in [0.25, 0.3) is 10.8 Å². The molecular weight excluding hydrogens is 292 g/mol. The molecule has 1 saturated heterocycles. The van der Waals surface area contributed by atoms with Gasteiger partial charge in [-0.1, -0.05) is 18.2 Å². The lowest BCUT2D eigenvalue weighted by atomic mass is 10.0. The van der Waals surface area contributed by atoms with Crippen LogP contribution in [0.3, 0.4) is 0 Å². The van der Waals surface area contributed by atoms with Crippen LogP contribution in [0.1, 0.15) is 18.1 Å². The summed E-state index contributed by atoms with van der Waals surface area (Å²) in [5.41, 5.74) is 6.39. The summed E-state index contributed by atoms with van der Waals surface area (Å²) >= 11 is 0. The van der Waals surface area contributed by atoms with Crippen LogP contribution in [0, 0.1) is 0 Å². The molecule has 1 heterocycles.